The molecule has 1 aliphatic carbocycles. The van der Waals surface area contributed by atoms with E-state index < -0.39 is 5.97 Å². The fourth-order valence-electron chi connectivity index (χ4n) is 2.53. The van der Waals surface area contributed by atoms with E-state index in [-0.39, 0.29) is 18.1 Å². The van der Waals surface area contributed by atoms with Gasteiger partial charge in [-0.1, -0.05) is 0 Å². The van der Waals surface area contributed by atoms with Gasteiger partial charge in [0.05, 0.1) is 12.5 Å². The lowest BCUT2D eigenvalue weighted by Gasteiger charge is -2.37. The number of carbonyl (C=O) groups excluding carboxylic acids is 1. The Kier molecular flexibility index (Phi) is 3.31. The van der Waals surface area contributed by atoms with Gasteiger partial charge >= 0.3 is 12.1 Å². The van der Waals surface area contributed by atoms with Crippen molar-refractivity contribution in [3.8, 4) is 0 Å². The smallest absolute Gasteiger partial charge is 0.410 e. The van der Waals surface area contributed by atoms with Crippen LogP contribution >= 0.6 is 0 Å². The van der Waals surface area contributed by atoms with Gasteiger partial charge in [-0.2, -0.15) is 0 Å². The molecule has 2 aliphatic rings. The molecule has 5 nitrogen and oxygen atoms in total. The molecule has 0 unspecified atom stereocenters. The minimum atomic E-state index is -0.709. The van der Waals surface area contributed by atoms with Gasteiger partial charge in [0.1, 0.15) is 0 Å². The summed E-state index contributed by atoms with van der Waals surface area (Å²) in [5, 5.41) is 8.88. The Bertz CT molecular complexity index is 284. The van der Waals surface area contributed by atoms with E-state index in [0.717, 1.165) is 25.8 Å². The molecule has 0 aromatic heterocycles. The van der Waals surface area contributed by atoms with Gasteiger partial charge in [0.15, 0.2) is 0 Å². The highest BCUT2D eigenvalue weighted by molar-refractivity contribution is 5.70. The Hall–Kier alpha value is -1.26. The van der Waals surface area contributed by atoms with Crippen molar-refractivity contribution in [3.05, 3.63) is 0 Å². The summed E-state index contributed by atoms with van der Waals surface area (Å²) in [4.78, 5) is 24.1. The zero-order chi connectivity index (χ0) is 11.5. The van der Waals surface area contributed by atoms with E-state index in [1.54, 1.807) is 4.90 Å². The van der Waals surface area contributed by atoms with Crippen LogP contribution in [0.15, 0.2) is 0 Å². The lowest BCUT2D eigenvalue weighted by atomic mass is 9.85. The molecule has 0 spiro atoms. The minimum Gasteiger partial charge on any atom is -0.481 e. The SMILES string of the molecule is O=C1OCCCN1[C@H]1CC[C@@H](C(=O)O)CC1. The van der Waals surface area contributed by atoms with E-state index in [1.165, 1.54) is 0 Å². The van der Waals surface area contributed by atoms with E-state index in [2.05, 4.69) is 0 Å². The van der Waals surface area contributed by atoms with Crippen molar-refractivity contribution >= 4 is 12.1 Å². The topological polar surface area (TPSA) is 66.8 Å². The Morgan fingerprint density at radius 1 is 1.31 bits per heavy atom. The van der Waals surface area contributed by atoms with E-state index in [4.69, 9.17) is 9.84 Å². The third-order valence-corrected chi connectivity index (χ3v) is 3.49. The number of hydrogen-bond donors (Lipinski definition) is 1. The second kappa shape index (κ2) is 4.72. The van der Waals surface area contributed by atoms with Gasteiger partial charge in [-0.05, 0) is 32.1 Å². The Morgan fingerprint density at radius 2 is 2.00 bits per heavy atom. The first kappa shape index (κ1) is 11.2. The maximum atomic E-state index is 11.5. The number of cyclic esters (lactones) is 1. The summed E-state index contributed by atoms with van der Waals surface area (Å²) in [6.45, 7) is 1.26. The van der Waals surface area contributed by atoms with Crippen molar-refractivity contribution in [2.75, 3.05) is 13.2 Å². The minimum absolute atomic E-state index is 0.184. The van der Waals surface area contributed by atoms with Gasteiger partial charge in [0.2, 0.25) is 0 Å². The van der Waals surface area contributed by atoms with Gasteiger partial charge in [-0.3, -0.25) is 4.79 Å². The zero-order valence-corrected chi connectivity index (χ0v) is 9.22. The molecule has 1 heterocycles. The highest BCUT2D eigenvalue weighted by Crippen LogP contribution is 2.29. The van der Waals surface area contributed by atoms with E-state index in [9.17, 15) is 9.59 Å². The molecular formula is C11H17NO4. The maximum absolute atomic E-state index is 11.5. The molecule has 0 radical (unpaired) electrons. The van der Waals surface area contributed by atoms with Gasteiger partial charge in [0.25, 0.3) is 0 Å². The number of hydrogen-bond acceptors (Lipinski definition) is 3. The lowest BCUT2D eigenvalue weighted by molar-refractivity contribution is -0.143. The van der Waals surface area contributed by atoms with Gasteiger partial charge < -0.3 is 14.7 Å². The third kappa shape index (κ3) is 2.28. The number of rotatable bonds is 2. The van der Waals surface area contributed by atoms with Crippen LogP contribution in [0.3, 0.4) is 0 Å². The molecule has 1 amide bonds. The van der Waals surface area contributed by atoms with Gasteiger partial charge in [-0.25, -0.2) is 4.79 Å². The van der Waals surface area contributed by atoms with Crippen molar-refractivity contribution < 1.29 is 19.4 Å². The normalized spacial score (nSPS) is 31.0. The quantitative estimate of drug-likeness (QED) is 0.775. The summed E-state index contributed by atoms with van der Waals surface area (Å²) in [5.74, 6) is -0.934. The second-order valence-electron chi connectivity index (χ2n) is 4.51. The van der Waals surface area contributed by atoms with E-state index in [0.29, 0.717) is 19.4 Å². The van der Waals surface area contributed by atoms with Crippen LogP contribution in [0.1, 0.15) is 32.1 Å². The Balaban J connectivity index is 1.88. The molecule has 1 saturated heterocycles. The highest BCUT2D eigenvalue weighted by Gasteiger charge is 2.33. The molecule has 0 atom stereocenters. The molecule has 2 rings (SSSR count). The summed E-state index contributed by atoms with van der Waals surface area (Å²) in [6.07, 6.45) is 3.56. The summed E-state index contributed by atoms with van der Waals surface area (Å²) < 4.78 is 4.99. The summed E-state index contributed by atoms with van der Waals surface area (Å²) in [7, 11) is 0. The standard InChI is InChI=1S/C11H17NO4/c13-10(14)8-2-4-9(5-3-8)12-6-1-7-16-11(12)15/h8-9H,1-7H2,(H,13,14)/t8-,9+. The molecule has 16 heavy (non-hydrogen) atoms. The van der Waals surface area contributed by atoms with Crippen molar-refractivity contribution in [3.63, 3.8) is 0 Å². The van der Waals surface area contributed by atoms with Crippen molar-refractivity contribution in [2.24, 2.45) is 5.92 Å². The molecule has 2 fully saturated rings. The number of amides is 1. The molecule has 1 saturated carbocycles. The van der Waals surface area contributed by atoms with Crippen molar-refractivity contribution in [1.82, 2.24) is 4.90 Å². The van der Waals surface area contributed by atoms with Gasteiger partial charge in [0, 0.05) is 12.6 Å². The number of ether oxygens (including phenoxy) is 1. The molecule has 1 N–H and O–H groups in total. The predicted octanol–water partition coefficient (Wildman–Crippen LogP) is 1.47. The highest BCUT2D eigenvalue weighted by atomic mass is 16.6. The second-order valence-corrected chi connectivity index (χ2v) is 4.51. The van der Waals surface area contributed by atoms with Gasteiger partial charge in [-0.15, -0.1) is 0 Å². The molecule has 0 aromatic carbocycles. The average Bonchev–Trinajstić information content (AvgIpc) is 2.30. The first-order valence-corrected chi connectivity index (χ1v) is 5.84. The van der Waals surface area contributed by atoms with Crippen LogP contribution in [-0.2, 0) is 9.53 Å². The summed E-state index contributed by atoms with van der Waals surface area (Å²) >= 11 is 0. The molecule has 0 aromatic rings. The van der Waals surface area contributed by atoms with Crippen LogP contribution in [0.2, 0.25) is 0 Å². The Morgan fingerprint density at radius 3 is 2.56 bits per heavy atom. The van der Waals surface area contributed by atoms with Crippen LogP contribution in [-0.4, -0.2) is 41.3 Å². The van der Waals surface area contributed by atoms with E-state index in [1.807, 2.05) is 0 Å². The largest absolute Gasteiger partial charge is 0.481 e. The first-order valence-electron chi connectivity index (χ1n) is 5.84. The van der Waals surface area contributed by atoms with Crippen LogP contribution in [0.5, 0.6) is 0 Å². The van der Waals surface area contributed by atoms with Crippen molar-refractivity contribution in [1.29, 1.82) is 0 Å². The number of carboxylic acid groups (broad SMARTS) is 1. The molecule has 0 bridgehead atoms. The van der Waals surface area contributed by atoms with E-state index >= 15 is 0 Å². The molecular weight excluding hydrogens is 210 g/mol. The predicted molar refractivity (Wildman–Crippen MR) is 56.1 cm³/mol. The van der Waals surface area contributed by atoms with Crippen LogP contribution in [0.4, 0.5) is 4.79 Å². The Labute approximate surface area is 94.4 Å². The maximum Gasteiger partial charge on any atom is 0.410 e. The number of carbonyl (C=O) groups is 2. The lowest BCUT2D eigenvalue weighted by Crippen LogP contribution is -2.46. The zero-order valence-electron chi connectivity index (χ0n) is 9.22. The fraction of sp³-hybridized carbons (Fsp3) is 0.818. The fourth-order valence-corrected chi connectivity index (χ4v) is 2.53. The number of aliphatic carboxylic acids is 1. The first-order chi connectivity index (χ1) is 7.68. The van der Waals surface area contributed by atoms with Crippen LogP contribution in [0.25, 0.3) is 0 Å². The average molecular weight is 227 g/mol. The molecule has 90 valence electrons. The monoisotopic (exact) mass is 227 g/mol. The van der Waals surface area contributed by atoms with Crippen LogP contribution < -0.4 is 0 Å². The van der Waals surface area contributed by atoms with Crippen molar-refractivity contribution in [2.45, 2.75) is 38.1 Å². The summed E-state index contributed by atoms with van der Waals surface area (Å²) in [5.41, 5.74) is 0. The molecule has 1 aliphatic heterocycles. The summed E-state index contributed by atoms with van der Waals surface area (Å²) in [6, 6.07) is 0.184. The number of nitrogens with zero attached hydrogens (tertiary/aromatic N) is 1. The van der Waals surface area contributed by atoms with Crippen LogP contribution in [0, 0.1) is 5.92 Å². The number of carboxylic acids is 1. The molecule has 5 heteroatoms. The third-order valence-electron chi connectivity index (χ3n) is 3.49.